The Hall–Kier alpha value is -0.850. The van der Waals surface area contributed by atoms with E-state index in [1.54, 1.807) is 0 Å². The molecule has 5 nitrogen and oxygen atoms in total. The lowest BCUT2D eigenvalue weighted by Crippen LogP contribution is -2.52. The summed E-state index contributed by atoms with van der Waals surface area (Å²) in [6.07, 6.45) is 1.95. The van der Waals surface area contributed by atoms with Crippen molar-refractivity contribution in [1.82, 2.24) is 19.9 Å². The molecule has 0 unspecified atom stereocenters. The number of piperazine rings is 1. The van der Waals surface area contributed by atoms with E-state index in [4.69, 9.17) is 0 Å². The van der Waals surface area contributed by atoms with Gasteiger partial charge in [0.15, 0.2) is 0 Å². The van der Waals surface area contributed by atoms with Gasteiger partial charge in [-0.2, -0.15) is 0 Å². The number of nitrogens with one attached hydrogen (secondary N) is 1. The molecule has 0 aliphatic carbocycles. The Bertz CT molecular complexity index is 449. The summed E-state index contributed by atoms with van der Waals surface area (Å²) in [5.74, 6) is -0.0380. The van der Waals surface area contributed by atoms with Crippen molar-refractivity contribution < 1.29 is 4.79 Å². The van der Waals surface area contributed by atoms with Crippen LogP contribution in [0.4, 0.5) is 0 Å². The molecule has 0 saturated carbocycles. The van der Waals surface area contributed by atoms with Gasteiger partial charge in [-0.05, 0) is 42.9 Å². The van der Waals surface area contributed by atoms with Crippen molar-refractivity contribution in [3.05, 3.63) is 22.4 Å². The molecule has 0 radical (unpaired) electrons. The molecule has 0 bridgehead atoms. The highest BCUT2D eigenvalue weighted by molar-refractivity contribution is 9.10. The lowest BCUT2D eigenvalue weighted by Gasteiger charge is -2.32. The van der Waals surface area contributed by atoms with E-state index in [-0.39, 0.29) is 11.9 Å². The van der Waals surface area contributed by atoms with Crippen LogP contribution in [-0.2, 0) is 0 Å². The van der Waals surface area contributed by atoms with Gasteiger partial charge in [0, 0.05) is 42.9 Å². The van der Waals surface area contributed by atoms with Crippen molar-refractivity contribution >= 4 is 21.8 Å². The molecule has 1 aliphatic rings. The van der Waals surface area contributed by atoms with Gasteiger partial charge < -0.3 is 9.47 Å². The Morgan fingerprint density at radius 3 is 2.53 bits per heavy atom. The lowest BCUT2D eigenvalue weighted by molar-refractivity contribution is 0.0652. The number of rotatable bonds is 3. The number of hydrogen-bond acceptors (Lipinski definition) is 3. The fourth-order valence-electron chi connectivity index (χ4n) is 2.17. The zero-order valence-electron chi connectivity index (χ0n) is 11.7. The molecular formula is C13H21BrN4O. The number of carbonyl (C=O) groups excluding carboxylic acids is 1. The number of amides is 1. The van der Waals surface area contributed by atoms with E-state index in [1.165, 1.54) is 0 Å². The molecule has 6 heteroatoms. The lowest BCUT2D eigenvalue weighted by atomic mass is 10.3. The summed E-state index contributed by atoms with van der Waals surface area (Å²) in [4.78, 5) is 14.6. The minimum atomic E-state index is -0.0380. The zero-order chi connectivity index (χ0) is 14.0. The highest BCUT2D eigenvalue weighted by atomic mass is 79.9. The Morgan fingerprint density at radius 2 is 1.95 bits per heavy atom. The summed E-state index contributed by atoms with van der Waals surface area (Å²) >= 11 is 3.43. The number of hydrogen-bond donors (Lipinski definition) is 1. The summed E-state index contributed by atoms with van der Waals surface area (Å²) in [7, 11) is 2.10. The Morgan fingerprint density at radius 1 is 1.32 bits per heavy atom. The molecule has 0 spiro atoms. The van der Waals surface area contributed by atoms with Crippen LogP contribution in [0.25, 0.3) is 0 Å². The second-order valence-corrected chi connectivity index (χ2v) is 6.19. The topological polar surface area (TPSA) is 40.5 Å². The summed E-state index contributed by atoms with van der Waals surface area (Å²) < 4.78 is 2.92. The fourth-order valence-corrected chi connectivity index (χ4v) is 2.61. The van der Waals surface area contributed by atoms with Gasteiger partial charge in [0.1, 0.15) is 5.69 Å². The third kappa shape index (κ3) is 3.58. The van der Waals surface area contributed by atoms with Gasteiger partial charge in [-0.3, -0.25) is 10.2 Å². The number of hydrazine groups is 1. The van der Waals surface area contributed by atoms with Gasteiger partial charge in [-0.1, -0.05) is 0 Å². The summed E-state index contributed by atoms with van der Waals surface area (Å²) in [5, 5.41) is 1.99. The van der Waals surface area contributed by atoms with Crippen molar-refractivity contribution in [3.63, 3.8) is 0 Å². The van der Waals surface area contributed by atoms with Crippen molar-refractivity contribution in [2.24, 2.45) is 0 Å². The van der Waals surface area contributed by atoms with Crippen LogP contribution >= 0.6 is 15.9 Å². The van der Waals surface area contributed by atoms with Crippen molar-refractivity contribution in [2.75, 3.05) is 33.2 Å². The SMILES string of the molecule is CC(C)n1cc(Br)cc1C(=O)NN1CCN(C)CC1. The maximum Gasteiger partial charge on any atom is 0.282 e. The number of nitrogens with zero attached hydrogens (tertiary/aromatic N) is 3. The molecule has 1 aromatic rings. The van der Waals surface area contributed by atoms with Crippen LogP contribution in [0.5, 0.6) is 0 Å². The Balaban J connectivity index is 2.03. The molecule has 1 N–H and O–H groups in total. The third-order valence-electron chi connectivity index (χ3n) is 3.37. The summed E-state index contributed by atoms with van der Waals surface area (Å²) in [6.45, 7) is 7.83. The fraction of sp³-hybridized carbons (Fsp3) is 0.615. The minimum Gasteiger partial charge on any atom is -0.340 e. The van der Waals surface area contributed by atoms with E-state index in [0.717, 1.165) is 30.7 Å². The van der Waals surface area contributed by atoms with Crippen LogP contribution in [0.3, 0.4) is 0 Å². The largest absolute Gasteiger partial charge is 0.340 e. The second kappa shape index (κ2) is 6.07. The minimum absolute atomic E-state index is 0.0380. The van der Waals surface area contributed by atoms with Gasteiger partial charge in [0.25, 0.3) is 5.91 Å². The van der Waals surface area contributed by atoms with Crippen LogP contribution < -0.4 is 5.43 Å². The highest BCUT2D eigenvalue weighted by Gasteiger charge is 2.19. The molecule has 1 fully saturated rings. The van der Waals surface area contributed by atoms with Gasteiger partial charge in [0.2, 0.25) is 0 Å². The molecule has 0 atom stereocenters. The number of likely N-dealkylation sites (N-methyl/N-ethyl adjacent to an activating group) is 1. The quantitative estimate of drug-likeness (QED) is 0.918. The predicted octanol–water partition coefficient (Wildman–Crippen LogP) is 1.72. The first-order valence-electron chi connectivity index (χ1n) is 6.59. The van der Waals surface area contributed by atoms with Crippen LogP contribution in [0.2, 0.25) is 0 Å². The van der Waals surface area contributed by atoms with Crippen LogP contribution in [0.1, 0.15) is 30.4 Å². The average Bonchev–Trinajstić information content (AvgIpc) is 2.74. The van der Waals surface area contributed by atoms with E-state index in [2.05, 4.69) is 47.2 Å². The first-order chi connectivity index (χ1) is 8.97. The zero-order valence-corrected chi connectivity index (χ0v) is 13.3. The molecule has 106 valence electrons. The number of carbonyl (C=O) groups is 1. The molecule has 1 saturated heterocycles. The molecule has 2 heterocycles. The molecular weight excluding hydrogens is 308 g/mol. The summed E-state index contributed by atoms with van der Waals surface area (Å²) in [6, 6.07) is 2.13. The monoisotopic (exact) mass is 328 g/mol. The Labute approximate surface area is 122 Å². The van der Waals surface area contributed by atoms with Crippen molar-refractivity contribution in [1.29, 1.82) is 0 Å². The standard InChI is InChI=1S/C13H21BrN4O/c1-10(2)18-9-11(14)8-12(18)13(19)15-17-6-4-16(3)5-7-17/h8-10H,4-7H2,1-3H3,(H,15,19). The maximum absolute atomic E-state index is 12.3. The highest BCUT2D eigenvalue weighted by Crippen LogP contribution is 2.19. The first kappa shape index (κ1) is 14.6. The molecule has 19 heavy (non-hydrogen) atoms. The van der Waals surface area contributed by atoms with E-state index < -0.39 is 0 Å². The van der Waals surface area contributed by atoms with Crippen molar-refractivity contribution in [2.45, 2.75) is 19.9 Å². The van der Waals surface area contributed by atoms with E-state index in [9.17, 15) is 4.79 Å². The molecule has 1 amide bonds. The first-order valence-corrected chi connectivity index (χ1v) is 7.38. The van der Waals surface area contributed by atoms with Gasteiger partial charge >= 0.3 is 0 Å². The van der Waals surface area contributed by atoms with E-state index in [0.29, 0.717) is 5.69 Å². The molecule has 2 rings (SSSR count). The normalized spacial score (nSPS) is 17.9. The number of aromatic nitrogens is 1. The number of halogens is 1. The van der Waals surface area contributed by atoms with E-state index >= 15 is 0 Å². The van der Waals surface area contributed by atoms with E-state index in [1.807, 2.05) is 21.8 Å². The van der Waals surface area contributed by atoms with Crippen molar-refractivity contribution in [3.8, 4) is 0 Å². The van der Waals surface area contributed by atoms with Gasteiger partial charge in [0.05, 0.1) is 0 Å². The van der Waals surface area contributed by atoms with Gasteiger partial charge in [-0.15, -0.1) is 0 Å². The summed E-state index contributed by atoms with van der Waals surface area (Å²) in [5.41, 5.74) is 3.69. The maximum atomic E-state index is 12.3. The van der Waals surface area contributed by atoms with Crippen LogP contribution in [-0.4, -0.2) is 53.6 Å². The molecule has 1 aliphatic heterocycles. The van der Waals surface area contributed by atoms with Crippen LogP contribution in [0, 0.1) is 0 Å². The third-order valence-corrected chi connectivity index (χ3v) is 3.80. The van der Waals surface area contributed by atoms with Crippen LogP contribution in [0.15, 0.2) is 16.7 Å². The smallest absolute Gasteiger partial charge is 0.282 e. The molecule has 1 aromatic heterocycles. The van der Waals surface area contributed by atoms with Gasteiger partial charge in [-0.25, -0.2) is 5.01 Å². The average molecular weight is 329 g/mol. The predicted molar refractivity (Wildman–Crippen MR) is 79.1 cm³/mol. The molecule has 0 aromatic carbocycles. The second-order valence-electron chi connectivity index (χ2n) is 5.28. The Kier molecular flexibility index (Phi) is 4.65.